The molecule has 0 aliphatic carbocycles. The largest absolute Gasteiger partial charge is 0.383 e. The molecular formula is C19H20FN3O3S2. The highest BCUT2D eigenvalue weighted by Crippen LogP contribution is 2.31. The Hall–Kier alpha value is -2.23. The number of aromatic nitrogens is 2. The predicted octanol–water partition coefficient (Wildman–Crippen LogP) is 3.18. The molecule has 148 valence electrons. The topological polar surface area (TPSA) is 84.1 Å². The van der Waals surface area contributed by atoms with Crippen LogP contribution in [0.4, 0.5) is 4.39 Å². The van der Waals surface area contributed by atoms with E-state index >= 15 is 0 Å². The molecule has 0 saturated heterocycles. The van der Waals surface area contributed by atoms with Gasteiger partial charge in [-0.1, -0.05) is 12.1 Å². The average molecular weight is 422 g/mol. The van der Waals surface area contributed by atoms with Gasteiger partial charge in [0.25, 0.3) is 5.56 Å². The highest BCUT2D eigenvalue weighted by Gasteiger charge is 2.15. The fraction of sp³-hybridized carbons (Fsp3) is 0.316. The van der Waals surface area contributed by atoms with Crippen molar-refractivity contribution in [1.29, 1.82) is 0 Å². The van der Waals surface area contributed by atoms with Crippen molar-refractivity contribution >= 4 is 39.2 Å². The minimum Gasteiger partial charge on any atom is -0.383 e. The molecule has 2 aromatic heterocycles. The molecule has 2 heterocycles. The first-order valence-electron chi connectivity index (χ1n) is 8.65. The van der Waals surface area contributed by atoms with Crippen molar-refractivity contribution in [3.63, 3.8) is 0 Å². The van der Waals surface area contributed by atoms with Gasteiger partial charge in [0.05, 0.1) is 23.1 Å². The van der Waals surface area contributed by atoms with Crippen LogP contribution in [-0.4, -0.2) is 41.4 Å². The van der Waals surface area contributed by atoms with E-state index in [2.05, 4.69) is 15.3 Å². The van der Waals surface area contributed by atoms with Gasteiger partial charge in [0, 0.05) is 18.5 Å². The van der Waals surface area contributed by atoms with Gasteiger partial charge >= 0.3 is 0 Å². The number of ether oxygens (including phenoxy) is 1. The molecule has 3 aromatic rings. The highest BCUT2D eigenvalue weighted by molar-refractivity contribution is 7.99. The van der Waals surface area contributed by atoms with E-state index in [4.69, 9.17) is 4.74 Å². The summed E-state index contributed by atoms with van der Waals surface area (Å²) < 4.78 is 18.5. The maximum Gasteiger partial charge on any atom is 0.268 e. The zero-order valence-electron chi connectivity index (χ0n) is 15.5. The quantitative estimate of drug-likeness (QED) is 0.546. The van der Waals surface area contributed by atoms with Gasteiger partial charge in [0.15, 0.2) is 0 Å². The number of nitrogens with zero attached hydrogens (tertiary/aromatic N) is 1. The van der Waals surface area contributed by atoms with Gasteiger partial charge < -0.3 is 15.0 Å². The number of fused-ring (bicyclic) bond motifs is 1. The lowest BCUT2D eigenvalue weighted by Crippen LogP contribution is -2.33. The smallest absolute Gasteiger partial charge is 0.268 e. The number of thioether (sulfide) groups is 1. The van der Waals surface area contributed by atoms with E-state index in [9.17, 15) is 14.0 Å². The molecule has 6 nitrogen and oxygen atoms in total. The van der Waals surface area contributed by atoms with Crippen LogP contribution in [0.2, 0.25) is 0 Å². The van der Waals surface area contributed by atoms with E-state index in [1.165, 1.54) is 35.2 Å². The van der Waals surface area contributed by atoms with Gasteiger partial charge in [-0.25, -0.2) is 9.37 Å². The fourth-order valence-corrected chi connectivity index (χ4v) is 4.29. The van der Waals surface area contributed by atoms with Crippen LogP contribution in [-0.2, 0) is 15.3 Å². The zero-order chi connectivity index (χ0) is 20.1. The van der Waals surface area contributed by atoms with Crippen molar-refractivity contribution in [2.45, 2.75) is 17.9 Å². The van der Waals surface area contributed by atoms with E-state index in [-0.39, 0.29) is 22.5 Å². The monoisotopic (exact) mass is 421 g/mol. The number of carbonyl (C=O) groups excluding carboxylic acids is 1. The van der Waals surface area contributed by atoms with E-state index in [1.807, 2.05) is 6.07 Å². The molecule has 1 amide bonds. The number of halogens is 1. The number of thiophene rings is 1. The van der Waals surface area contributed by atoms with Crippen molar-refractivity contribution in [3.8, 4) is 10.4 Å². The molecule has 1 aromatic carbocycles. The van der Waals surface area contributed by atoms with Crippen LogP contribution in [0.25, 0.3) is 20.7 Å². The fourth-order valence-electron chi connectivity index (χ4n) is 2.51. The van der Waals surface area contributed by atoms with Crippen molar-refractivity contribution in [3.05, 3.63) is 52.3 Å². The molecule has 9 heteroatoms. The van der Waals surface area contributed by atoms with Crippen LogP contribution in [0, 0.1) is 5.82 Å². The Bertz CT molecular complexity index is 1020. The van der Waals surface area contributed by atoms with Crippen molar-refractivity contribution in [2.24, 2.45) is 0 Å². The number of hydrogen-bond acceptors (Lipinski definition) is 6. The third-order valence-corrected chi connectivity index (χ3v) is 6.33. The van der Waals surface area contributed by atoms with Crippen molar-refractivity contribution in [2.75, 3.05) is 20.3 Å². The van der Waals surface area contributed by atoms with Crippen LogP contribution in [0.15, 0.2) is 35.1 Å². The summed E-state index contributed by atoms with van der Waals surface area (Å²) in [6.07, 6.45) is 0. The van der Waals surface area contributed by atoms with Gasteiger partial charge in [-0.05, 0) is 30.7 Å². The summed E-state index contributed by atoms with van der Waals surface area (Å²) in [7, 11) is 1.58. The number of benzene rings is 1. The molecule has 3 rings (SSSR count). The second-order valence-electron chi connectivity index (χ2n) is 6.08. The van der Waals surface area contributed by atoms with Gasteiger partial charge in [0.1, 0.15) is 16.3 Å². The molecule has 1 unspecified atom stereocenters. The summed E-state index contributed by atoms with van der Waals surface area (Å²) >= 11 is 2.71. The van der Waals surface area contributed by atoms with Crippen molar-refractivity contribution < 1.29 is 13.9 Å². The summed E-state index contributed by atoms with van der Waals surface area (Å²) in [5, 5.41) is 2.50. The van der Waals surface area contributed by atoms with E-state index in [0.29, 0.717) is 34.9 Å². The van der Waals surface area contributed by atoms with Crippen molar-refractivity contribution in [1.82, 2.24) is 15.3 Å². The molecule has 1 atom stereocenters. The molecule has 0 aliphatic heterocycles. The maximum absolute atomic E-state index is 13.1. The van der Waals surface area contributed by atoms with E-state index < -0.39 is 0 Å². The Balaban J connectivity index is 1.72. The third-order valence-electron chi connectivity index (χ3n) is 4.01. The molecule has 0 radical (unpaired) electrons. The summed E-state index contributed by atoms with van der Waals surface area (Å²) in [5.74, 6) is 0.536. The normalized spacial score (nSPS) is 12.2. The summed E-state index contributed by atoms with van der Waals surface area (Å²) in [4.78, 5) is 32.5. The Morgan fingerprint density at radius 1 is 1.39 bits per heavy atom. The lowest BCUT2D eigenvalue weighted by atomic mass is 10.2. The second-order valence-corrected chi connectivity index (χ2v) is 8.46. The van der Waals surface area contributed by atoms with Crippen LogP contribution in [0.3, 0.4) is 0 Å². The average Bonchev–Trinajstić information content (AvgIpc) is 3.11. The Kier molecular flexibility index (Phi) is 6.82. The van der Waals surface area contributed by atoms with Crippen LogP contribution in [0.1, 0.15) is 12.7 Å². The standard InChI is InChI=1S/C19H20FN3O3S2/c1-11(18(24)21-7-8-26-2)27-10-16-22-14-9-15(28-17(14)19(25)23-16)12-3-5-13(20)6-4-12/h3-6,9,11H,7-8,10H2,1-2H3,(H,21,24)(H,22,23,25). The lowest BCUT2D eigenvalue weighted by molar-refractivity contribution is -0.120. The molecule has 0 aliphatic rings. The van der Waals surface area contributed by atoms with Gasteiger partial charge in [-0.3, -0.25) is 9.59 Å². The number of nitrogens with one attached hydrogen (secondary N) is 2. The Morgan fingerprint density at radius 3 is 2.86 bits per heavy atom. The first-order valence-corrected chi connectivity index (χ1v) is 10.5. The Labute approximate surface area is 169 Å². The number of hydrogen-bond donors (Lipinski definition) is 2. The molecule has 0 bridgehead atoms. The number of rotatable bonds is 8. The highest BCUT2D eigenvalue weighted by atomic mass is 32.2. The van der Waals surface area contributed by atoms with Crippen LogP contribution < -0.4 is 10.9 Å². The summed E-state index contributed by atoms with van der Waals surface area (Å²) in [6.45, 7) is 2.73. The first-order chi connectivity index (χ1) is 13.5. The van der Waals surface area contributed by atoms with Gasteiger partial charge in [-0.15, -0.1) is 23.1 Å². The summed E-state index contributed by atoms with van der Waals surface area (Å²) in [6, 6.07) is 7.96. The molecule has 2 N–H and O–H groups in total. The first kappa shape index (κ1) is 20.5. The third kappa shape index (κ3) is 4.98. The minimum atomic E-state index is -0.305. The zero-order valence-corrected chi connectivity index (χ0v) is 17.1. The summed E-state index contributed by atoms with van der Waals surface area (Å²) in [5.41, 5.74) is 1.22. The number of methoxy groups -OCH3 is 1. The second kappa shape index (κ2) is 9.31. The molecule has 28 heavy (non-hydrogen) atoms. The maximum atomic E-state index is 13.1. The predicted molar refractivity (Wildman–Crippen MR) is 111 cm³/mol. The minimum absolute atomic E-state index is 0.0837. The van der Waals surface area contributed by atoms with Gasteiger partial charge in [-0.2, -0.15) is 0 Å². The van der Waals surface area contributed by atoms with Crippen LogP contribution in [0.5, 0.6) is 0 Å². The molecule has 0 saturated carbocycles. The lowest BCUT2D eigenvalue weighted by Gasteiger charge is -2.11. The number of H-pyrrole nitrogens is 1. The molecule has 0 fully saturated rings. The number of amides is 1. The molecule has 0 spiro atoms. The number of carbonyl (C=O) groups is 1. The van der Waals surface area contributed by atoms with E-state index in [0.717, 1.165) is 10.4 Å². The van der Waals surface area contributed by atoms with E-state index in [1.54, 1.807) is 26.2 Å². The Morgan fingerprint density at radius 2 is 2.14 bits per heavy atom. The van der Waals surface area contributed by atoms with Crippen LogP contribution >= 0.6 is 23.1 Å². The molecular weight excluding hydrogens is 401 g/mol. The SMILES string of the molecule is COCCNC(=O)C(C)SCc1nc2cc(-c3ccc(F)cc3)sc2c(=O)[nH]1. The number of aromatic amines is 1. The van der Waals surface area contributed by atoms with Gasteiger partial charge in [0.2, 0.25) is 5.91 Å².